The van der Waals surface area contributed by atoms with Crippen LogP contribution in [0.5, 0.6) is 0 Å². The molecule has 2 aromatic carbocycles. The van der Waals surface area contributed by atoms with Gasteiger partial charge in [-0.25, -0.2) is 9.37 Å². The van der Waals surface area contributed by atoms with Crippen LogP contribution in [0.3, 0.4) is 0 Å². The molecule has 0 spiro atoms. The lowest BCUT2D eigenvalue weighted by molar-refractivity contribution is 0.592. The minimum absolute atomic E-state index is 0.253. The first-order chi connectivity index (χ1) is 10.1. The SMILES string of the molecule is CC(C)c1nc2ccccc2n1Cc1c(F)cccc1Cl. The van der Waals surface area contributed by atoms with E-state index >= 15 is 0 Å². The van der Waals surface area contributed by atoms with Gasteiger partial charge in [-0.3, -0.25) is 0 Å². The Bertz CT molecular complexity index is 772. The van der Waals surface area contributed by atoms with E-state index < -0.39 is 0 Å². The molecule has 2 nitrogen and oxygen atoms in total. The molecule has 0 amide bonds. The molecule has 3 rings (SSSR count). The highest BCUT2D eigenvalue weighted by Crippen LogP contribution is 2.26. The van der Waals surface area contributed by atoms with Gasteiger partial charge in [-0.05, 0) is 24.3 Å². The molecular formula is C17H16ClFN2. The van der Waals surface area contributed by atoms with Crippen molar-refractivity contribution >= 4 is 22.6 Å². The molecule has 0 atom stereocenters. The summed E-state index contributed by atoms with van der Waals surface area (Å²) in [5.74, 6) is 0.911. The largest absolute Gasteiger partial charge is 0.323 e. The monoisotopic (exact) mass is 302 g/mol. The molecule has 0 unspecified atom stereocenters. The summed E-state index contributed by atoms with van der Waals surface area (Å²) in [6.45, 7) is 4.56. The van der Waals surface area contributed by atoms with Crippen molar-refractivity contribution in [2.24, 2.45) is 0 Å². The van der Waals surface area contributed by atoms with Gasteiger partial charge in [-0.15, -0.1) is 0 Å². The third-order valence-corrected chi connectivity index (χ3v) is 3.93. The molecule has 108 valence electrons. The number of para-hydroxylation sites is 2. The summed E-state index contributed by atoms with van der Waals surface area (Å²) in [6, 6.07) is 12.7. The lowest BCUT2D eigenvalue weighted by Crippen LogP contribution is -2.08. The lowest BCUT2D eigenvalue weighted by atomic mass is 10.1. The van der Waals surface area contributed by atoms with Crippen molar-refractivity contribution in [3.8, 4) is 0 Å². The number of aromatic nitrogens is 2. The van der Waals surface area contributed by atoms with Crippen molar-refractivity contribution in [3.05, 3.63) is 64.7 Å². The maximum absolute atomic E-state index is 14.1. The Morgan fingerprint density at radius 2 is 1.90 bits per heavy atom. The first kappa shape index (κ1) is 14.1. The highest BCUT2D eigenvalue weighted by atomic mass is 35.5. The standard InChI is InChI=1S/C17H16ClFN2/c1-11(2)17-20-15-8-3-4-9-16(15)21(17)10-12-13(18)6-5-7-14(12)19/h3-9,11H,10H2,1-2H3. The zero-order valence-electron chi connectivity index (χ0n) is 12.0. The number of imidazole rings is 1. The van der Waals surface area contributed by atoms with Crippen molar-refractivity contribution in [1.29, 1.82) is 0 Å². The molecule has 4 heteroatoms. The van der Waals surface area contributed by atoms with Crippen LogP contribution in [-0.4, -0.2) is 9.55 Å². The second-order valence-electron chi connectivity index (χ2n) is 5.40. The normalized spacial score (nSPS) is 11.5. The van der Waals surface area contributed by atoms with Crippen LogP contribution in [-0.2, 0) is 6.54 Å². The molecule has 0 fully saturated rings. The Balaban J connectivity index is 2.17. The number of hydrogen-bond acceptors (Lipinski definition) is 1. The molecule has 3 aromatic rings. The average molecular weight is 303 g/mol. The van der Waals surface area contributed by atoms with E-state index in [0.717, 1.165) is 16.9 Å². The molecule has 0 radical (unpaired) electrons. The van der Waals surface area contributed by atoms with Crippen molar-refractivity contribution in [2.75, 3.05) is 0 Å². The van der Waals surface area contributed by atoms with E-state index in [1.807, 2.05) is 28.8 Å². The number of nitrogens with zero attached hydrogens (tertiary/aromatic N) is 2. The number of halogens is 2. The van der Waals surface area contributed by atoms with Gasteiger partial charge < -0.3 is 4.57 Å². The van der Waals surface area contributed by atoms with Crippen LogP contribution in [0.15, 0.2) is 42.5 Å². The predicted molar refractivity (Wildman–Crippen MR) is 84.3 cm³/mol. The molecule has 0 N–H and O–H groups in total. The van der Waals surface area contributed by atoms with Gasteiger partial charge in [0.15, 0.2) is 0 Å². The van der Waals surface area contributed by atoms with Gasteiger partial charge >= 0.3 is 0 Å². The Hall–Kier alpha value is -1.87. The summed E-state index contributed by atoms with van der Waals surface area (Å²) in [6.07, 6.45) is 0. The van der Waals surface area contributed by atoms with E-state index in [4.69, 9.17) is 11.6 Å². The summed E-state index contributed by atoms with van der Waals surface area (Å²) in [5, 5.41) is 0.447. The molecule has 1 aromatic heterocycles. The van der Waals surface area contributed by atoms with Gasteiger partial charge in [0.2, 0.25) is 0 Å². The van der Waals surface area contributed by atoms with Crippen LogP contribution in [0.2, 0.25) is 5.02 Å². The fourth-order valence-electron chi connectivity index (χ4n) is 2.54. The highest BCUT2D eigenvalue weighted by molar-refractivity contribution is 6.31. The van der Waals surface area contributed by atoms with E-state index in [2.05, 4.69) is 18.8 Å². The molecule has 0 aliphatic heterocycles. The minimum Gasteiger partial charge on any atom is -0.323 e. The van der Waals surface area contributed by atoms with Crippen molar-refractivity contribution in [2.45, 2.75) is 26.3 Å². The number of benzene rings is 2. The van der Waals surface area contributed by atoms with E-state index in [9.17, 15) is 4.39 Å². The molecule has 0 aliphatic carbocycles. The van der Waals surface area contributed by atoms with Crippen molar-refractivity contribution in [3.63, 3.8) is 0 Å². The zero-order chi connectivity index (χ0) is 15.0. The molecule has 0 saturated heterocycles. The summed E-state index contributed by atoms with van der Waals surface area (Å²) < 4.78 is 16.1. The van der Waals surface area contributed by atoms with Gasteiger partial charge in [0.1, 0.15) is 11.6 Å². The van der Waals surface area contributed by atoms with E-state index in [1.165, 1.54) is 6.07 Å². The number of rotatable bonds is 3. The van der Waals surface area contributed by atoms with E-state index in [0.29, 0.717) is 17.1 Å². The van der Waals surface area contributed by atoms with Gasteiger partial charge in [-0.2, -0.15) is 0 Å². The van der Waals surface area contributed by atoms with Crippen molar-refractivity contribution < 1.29 is 4.39 Å². The fourth-order valence-corrected chi connectivity index (χ4v) is 2.77. The number of fused-ring (bicyclic) bond motifs is 1. The van der Waals surface area contributed by atoms with Crippen LogP contribution in [0.25, 0.3) is 11.0 Å². The third-order valence-electron chi connectivity index (χ3n) is 3.58. The predicted octanol–water partition coefficient (Wildman–Crippen LogP) is 5.00. The molecule has 0 saturated carbocycles. The third kappa shape index (κ3) is 2.54. The second-order valence-corrected chi connectivity index (χ2v) is 5.81. The maximum Gasteiger partial charge on any atom is 0.129 e. The van der Waals surface area contributed by atoms with Crippen LogP contribution in [0.1, 0.15) is 31.2 Å². The first-order valence-corrected chi connectivity index (χ1v) is 7.33. The quantitative estimate of drug-likeness (QED) is 0.665. The highest BCUT2D eigenvalue weighted by Gasteiger charge is 2.16. The smallest absolute Gasteiger partial charge is 0.129 e. The van der Waals surface area contributed by atoms with Gasteiger partial charge in [0.05, 0.1) is 17.6 Å². The van der Waals surface area contributed by atoms with Crippen LogP contribution in [0.4, 0.5) is 4.39 Å². The van der Waals surface area contributed by atoms with Crippen LogP contribution < -0.4 is 0 Å². The molecular weight excluding hydrogens is 287 g/mol. The van der Waals surface area contributed by atoms with Crippen LogP contribution in [0, 0.1) is 5.82 Å². The average Bonchev–Trinajstić information content (AvgIpc) is 2.82. The van der Waals surface area contributed by atoms with Crippen LogP contribution >= 0.6 is 11.6 Å². The second kappa shape index (κ2) is 5.49. The minimum atomic E-state index is -0.282. The van der Waals surface area contributed by atoms with Gasteiger partial charge in [0.25, 0.3) is 0 Å². The fraction of sp³-hybridized carbons (Fsp3) is 0.235. The Labute approximate surface area is 128 Å². The molecule has 0 aliphatic rings. The summed E-state index contributed by atoms with van der Waals surface area (Å²) in [7, 11) is 0. The first-order valence-electron chi connectivity index (χ1n) is 6.96. The maximum atomic E-state index is 14.1. The molecule has 0 bridgehead atoms. The summed E-state index contributed by atoms with van der Waals surface area (Å²) in [4.78, 5) is 4.67. The summed E-state index contributed by atoms with van der Waals surface area (Å²) >= 11 is 6.16. The Morgan fingerprint density at radius 1 is 1.14 bits per heavy atom. The summed E-state index contributed by atoms with van der Waals surface area (Å²) in [5.41, 5.74) is 2.43. The Kier molecular flexibility index (Phi) is 3.68. The van der Waals surface area contributed by atoms with Gasteiger partial charge in [0, 0.05) is 16.5 Å². The molecule has 1 heterocycles. The Morgan fingerprint density at radius 3 is 2.62 bits per heavy atom. The van der Waals surface area contributed by atoms with E-state index in [-0.39, 0.29) is 11.7 Å². The lowest BCUT2D eigenvalue weighted by Gasteiger charge is -2.13. The topological polar surface area (TPSA) is 17.8 Å². The zero-order valence-corrected chi connectivity index (χ0v) is 12.7. The van der Waals surface area contributed by atoms with E-state index in [1.54, 1.807) is 12.1 Å². The van der Waals surface area contributed by atoms with Gasteiger partial charge in [-0.1, -0.05) is 43.6 Å². The van der Waals surface area contributed by atoms with Crippen molar-refractivity contribution in [1.82, 2.24) is 9.55 Å². The molecule has 21 heavy (non-hydrogen) atoms. The number of hydrogen-bond donors (Lipinski definition) is 0.